The predicted octanol–water partition coefficient (Wildman–Crippen LogP) is 3.10. The molecule has 0 unspecified atom stereocenters. The first kappa shape index (κ1) is 23.4. The minimum atomic E-state index is -0.165. The van der Waals surface area contributed by atoms with E-state index in [0.717, 1.165) is 47.8 Å². The zero-order chi connectivity index (χ0) is 22.4. The van der Waals surface area contributed by atoms with E-state index < -0.39 is 0 Å². The van der Waals surface area contributed by atoms with Gasteiger partial charge in [-0.1, -0.05) is 6.92 Å². The van der Waals surface area contributed by atoms with Crippen molar-refractivity contribution in [1.82, 2.24) is 9.96 Å². The minimum absolute atomic E-state index is 0.0718. The zero-order valence-corrected chi connectivity index (χ0v) is 19.4. The molecular weight excluding hydrogens is 416 g/mol. The summed E-state index contributed by atoms with van der Waals surface area (Å²) in [7, 11) is 1.44. The molecule has 170 valence electrons. The molecule has 1 amide bonds. The minimum Gasteiger partial charge on any atom is -0.469 e. The summed E-state index contributed by atoms with van der Waals surface area (Å²) < 4.78 is 4.92. The van der Waals surface area contributed by atoms with Crippen LogP contribution in [0.3, 0.4) is 0 Å². The van der Waals surface area contributed by atoms with Crippen molar-refractivity contribution < 1.29 is 19.2 Å². The third-order valence-corrected chi connectivity index (χ3v) is 6.42. The number of amides is 1. The number of carbonyl (C=O) groups is 2. The maximum absolute atomic E-state index is 13.0. The lowest BCUT2D eigenvalue weighted by molar-refractivity contribution is -0.180. The Balaban J connectivity index is 1.77. The van der Waals surface area contributed by atoms with Gasteiger partial charge in [-0.15, -0.1) is 11.3 Å². The van der Waals surface area contributed by atoms with Crippen molar-refractivity contribution >= 4 is 40.8 Å². The SMILES string of the molecule is CCCN(OCC)C(=O)C1=Cc2sc(CN3CCC[C@@H](C(=O)OC)C3)cc2N=C(N)C1. The molecule has 0 spiro atoms. The van der Waals surface area contributed by atoms with Gasteiger partial charge in [-0.25, -0.2) is 10.1 Å². The Morgan fingerprint density at radius 2 is 2.19 bits per heavy atom. The number of piperidine rings is 1. The molecule has 8 nitrogen and oxygen atoms in total. The van der Waals surface area contributed by atoms with Crippen LogP contribution in [0.25, 0.3) is 6.08 Å². The monoisotopic (exact) mass is 448 g/mol. The van der Waals surface area contributed by atoms with Gasteiger partial charge in [0.05, 0.1) is 30.2 Å². The summed E-state index contributed by atoms with van der Waals surface area (Å²) in [6.45, 7) is 7.20. The average molecular weight is 449 g/mol. The van der Waals surface area contributed by atoms with Crippen LogP contribution in [0.4, 0.5) is 5.69 Å². The van der Waals surface area contributed by atoms with Crippen LogP contribution in [0.1, 0.15) is 49.3 Å². The Kier molecular flexibility index (Phi) is 8.22. The maximum Gasteiger partial charge on any atom is 0.309 e. The van der Waals surface area contributed by atoms with E-state index >= 15 is 0 Å². The number of nitrogens with zero attached hydrogens (tertiary/aromatic N) is 3. The highest BCUT2D eigenvalue weighted by Gasteiger charge is 2.27. The fourth-order valence-electron chi connectivity index (χ4n) is 3.97. The number of carbonyl (C=O) groups excluding carboxylic acids is 2. The lowest BCUT2D eigenvalue weighted by atomic mass is 9.98. The Bertz CT molecular complexity index is 858. The molecule has 3 heterocycles. The van der Waals surface area contributed by atoms with E-state index in [9.17, 15) is 9.59 Å². The Hall–Kier alpha value is -2.23. The normalized spacial score (nSPS) is 19.1. The highest BCUT2D eigenvalue weighted by atomic mass is 32.1. The standard InChI is InChI=1S/C22H32N4O4S/c1-4-8-26(30-5-2)21(27)16-10-19-18(24-20(23)11-16)12-17(31-19)14-25-9-6-7-15(13-25)22(28)29-3/h10,12,15H,4-9,11,13-14H2,1-3H3,(H2,23,24)/t15-/m1/s1. The number of hydrogen-bond donors (Lipinski definition) is 1. The topological polar surface area (TPSA) is 97.5 Å². The third-order valence-electron chi connectivity index (χ3n) is 5.36. The molecule has 31 heavy (non-hydrogen) atoms. The summed E-state index contributed by atoms with van der Waals surface area (Å²) in [6, 6.07) is 2.03. The average Bonchev–Trinajstić information content (AvgIpc) is 3.04. The second kappa shape index (κ2) is 10.9. The number of fused-ring (bicyclic) bond motifs is 1. The number of hydroxylamine groups is 2. The maximum atomic E-state index is 13.0. The second-order valence-electron chi connectivity index (χ2n) is 7.83. The van der Waals surface area contributed by atoms with Crippen LogP contribution in [-0.2, 0) is 25.7 Å². The first-order chi connectivity index (χ1) is 14.9. The summed E-state index contributed by atoms with van der Waals surface area (Å²) in [6.07, 6.45) is 4.84. The summed E-state index contributed by atoms with van der Waals surface area (Å²) >= 11 is 1.61. The highest BCUT2D eigenvalue weighted by Crippen LogP contribution is 2.36. The van der Waals surface area contributed by atoms with Gasteiger partial charge in [0.15, 0.2) is 0 Å². The number of hydrogen-bond acceptors (Lipinski definition) is 8. The van der Waals surface area contributed by atoms with Crippen LogP contribution in [-0.4, -0.2) is 61.0 Å². The van der Waals surface area contributed by atoms with Crippen LogP contribution in [0.2, 0.25) is 0 Å². The van der Waals surface area contributed by atoms with Crippen LogP contribution in [0, 0.1) is 5.92 Å². The number of thiophene rings is 1. The summed E-state index contributed by atoms with van der Waals surface area (Å²) in [4.78, 5) is 39.3. The molecule has 2 aliphatic heterocycles. The fourth-order valence-corrected chi connectivity index (χ4v) is 5.08. The largest absolute Gasteiger partial charge is 0.469 e. The molecule has 2 aliphatic rings. The lowest BCUT2D eigenvalue weighted by Gasteiger charge is -2.30. The van der Waals surface area contributed by atoms with Gasteiger partial charge < -0.3 is 10.5 Å². The number of likely N-dealkylation sites (tertiary alicyclic amines) is 1. The molecule has 3 rings (SSSR count). The molecule has 1 aromatic rings. The third kappa shape index (κ3) is 5.93. The van der Waals surface area contributed by atoms with Crippen LogP contribution < -0.4 is 5.73 Å². The summed E-state index contributed by atoms with van der Waals surface area (Å²) in [5.74, 6) is 0.0412. The van der Waals surface area contributed by atoms with Gasteiger partial charge in [-0.2, -0.15) is 0 Å². The molecule has 1 saturated heterocycles. The quantitative estimate of drug-likeness (QED) is 0.485. The predicted molar refractivity (Wildman–Crippen MR) is 122 cm³/mol. The Labute approximate surface area is 187 Å². The van der Waals surface area contributed by atoms with Crippen molar-refractivity contribution in [2.24, 2.45) is 16.6 Å². The van der Waals surface area contributed by atoms with Crippen molar-refractivity contribution in [1.29, 1.82) is 0 Å². The Morgan fingerprint density at radius 3 is 2.90 bits per heavy atom. The summed E-state index contributed by atoms with van der Waals surface area (Å²) in [5.41, 5.74) is 7.50. The van der Waals surface area contributed by atoms with Gasteiger partial charge in [0.25, 0.3) is 5.91 Å². The molecule has 2 N–H and O–H groups in total. The van der Waals surface area contributed by atoms with Crippen molar-refractivity contribution in [2.45, 2.75) is 46.1 Å². The van der Waals surface area contributed by atoms with Gasteiger partial charge in [-0.3, -0.25) is 19.3 Å². The van der Waals surface area contributed by atoms with E-state index in [0.29, 0.717) is 37.5 Å². The van der Waals surface area contributed by atoms with Gasteiger partial charge in [0.1, 0.15) is 5.84 Å². The molecule has 9 heteroatoms. The van der Waals surface area contributed by atoms with Crippen molar-refractivity contribution in [3.63, 3.8) is 0 Å². The molecule has 0 aromatic carbocycles. The first-order valence-electron chi connectivity index (χ1n) is 10.9. The van der Waals surface area contributed by atoms with Crippen molar-refractivity contribution in [3.8, 4) is 0 Å². The number of esters is 1. The number of methoxy groups -OCH3 is 1. The van der Waals surface area contributed by atoms with Crippen molar-refractivity contribution in [2.75, 3.05) is 33.4 Å². The number of rotatable bonds is 8. The zero-order valence-electron chi connectivity index (χ0n) is 18.6. The molecular formula is C22H32N4O4S. The molecule has 0 bridgehead atoms. The molecule has 0 radical (unpaired) electrons. The number of nitrogens with two attached hydrogens (primary N) is 1. The molecule has 0 saturated carbocycles. The van der Waals surface area contributed by atoms with Gasteiger partial charge in [0.2, 0.25) is 0 Å². The van der Waals surface area contributed by atoms with Crippen LogP contribution in [0.15, 0.2) is 16.6 Å². The molecule has 0 aliphatic carbocycles. The van der Waals surface area contributed by atoms with E-state index in [1.165, 1.54) is 12.2 Å². The van der Waals surface area contributed by atoms with Crippen molar-refractivity contribution in [3.05, 3.63) is 21.4 Å². The highest BCUT2D eigenvalue weighted by molar-refractivity contribution is 7.13. The first-order valence-corrected chi connectivity index (χ1v) is 11.7. The number of amidine groups is 1. The summed E-state index contributed by atoms with van der Waals surface area (Å²) in [5, 5.41) is 1.42. The van der Waals surface area contributed by atoms with Gasteiger partial charge in [-0.05, 0) is 44.9 Å². The number of ether oxygens (including phenoxy) is 1. The van der Waals surface area contributed by atoms with E-state index in [4.69, 9.17) is 15.3 Å². The molecule has 1 aromatic heterocycles. The van der Waals surface area contributed by atoms with E-state index in [1.54, 1.807) is 11.3 Å². The molecule has 1 atom stereocenters. The van der Waals surface area contributed by atoms with Gasteiger partial charge in [0, 0.05) is 36.5 Å². The second-order valence-corrected chi connectivity index (χ2v) is 9.00. The lowest BCUT2D eigenvalue weighted by Crippen LogP contribution is -2.38. The van der Waals surface area contributed by atoms with E-state index in [-0.39, 0.29) is 17.8 Å². The smallest absolute Gasteiger partial charge is 0.309 e. The molecule has 1 fully saturated rings. The van der Waals surface area contributed by atoms with Crippen LogP contribution >= 0.6 is 11.3 Å². The van der Waals surface area contributed by atoms with E-state index in [1.807, 2.05) is 26.0 Å². The van der Waals surface area contributed by atoms with Gasteiger partial charge >= 0.3 is 5.97 Å². The number of aliphatic imine (C=N–C) groups is 1. The van der Waals surface area contributed by atoms with Crippen LogP contribution in [0.5, 0.6) is 0 Å². The van der Waals surface area contributed by atoms with E-state index in [2.05, 4.69) is 9.89 Å². The fraction of sp³-hybridized carbons (Fsp3) is 0.591. The Morgan fingerprint density at radius 1 is 1.39 bits per heavy atom.